The van der Waals surface area contributed by atoms with E-state index in [9.17, 15) is 15.0 Å². The molecular formula is C23H24O4S. The molecule has 0 bridgehead atoms. The molecule has 0 aliphatic carbocycles. The summed E-state index contributed by atoms with van der Waals surface area (Å²) in [6, 6.07) is 19.1. The first-order valence-corrected chi connectivity index (χ1v) is 10.4. The van der Waals surface area contributed by atoms with Gasteiger partial charge in [0.15, 0.2) is 11.5 Å². The van der Waals surface area contributed by atoms with Crippen molar-refractivity contribution < 1.29 is 19.7 Å². The molecule has 0 saturated carbocycles. The number of unbranched alkanes of at least 4 members (excludes halogenated alkanes) is 2. The molecule has 146 valence electrons. The maximum atomic E-state index is 11.9. The van der Waals surface area contributed by atoms with E-state index in [-0.39, 0.29) is 23.2 Å². The number of aryl methyl sites for hydroxylation is 1. The van der Waals surface area contributed by atoms with Crippen LogP contribution in [-0.4, -0.2) is 28.5 Å². The molecule has 0 spiro atoms. The third-order valence-corrected chi connectivity index (χ3v) is 5.44. The van der Waals surface area contributed by atoms with Crippen LogP contribution in [-0.2, 0) is 16.0 Å². The molecule has 5 heteroatoms. The zero-order chi connectivity index (χ0) is 19.8. The molecule has 0 aromatic heterocycles. The summed E-state index contributed by atoms with van der Waals surface area (Å²) in [7, 11) is 0. The molecule has 0 atom stereocenters. The summed E-state index contributed by atoms with van der Waals surface area (Å²) in [6.07, 6.45) is 4.06. The van der Waals surface area contributed by atoms with E-state index >= 15 is 0 Å². The van der Waals surface area contributed by atoms with E-state index in [1.165, 1.54) is 29.5 Å². The monoisotopic (exact) mass is 396 g/mol. The number of ether oxygens (including phenoxy) is 1. The smallest absolute Gasteiger partial charge is 0.316 e. The van der Waals surface area contributed by atoms with Gasteiger partial charge >= 0.3 is 5.97 Å². The fourth-order valence-corrected chi connectivity index (χ4v) is 3.71. The van der Waals surface area contributed by atoms with E-state index in [1.54, 1.807) is 0 Å². The van der Waals surface area contributed by atoms with Gasteiger partial charge in [-0.3, -0.25) is 4.79 Å². The Morgan fingerprint density at radius 2 is 1.61 bits per heavy atom. The van der Waals surface area contributed by atoms with E-state index in [1.807, 2.05) is 24.3 Å². The van der Waals surface area contributed by atoms with Crippen molar-refractivity contribution in [3.05, 3.63) is 66.2 Å². The highest BCUT2D eigenvalue weighted by Crippen LogP contribution is 2.32. The lowest BCUT2D eigenvalue weighted by molar-refractivity contribution is -0.140. The van der Waals surface area contributed by atoms with Gasteiger partial charge in [0.1, 0.15) is 0 Å². The molecule has 0 radical (unpaired) electrons. The average molecular weight is 397 g/mol. The molecule has 3 rings (SSSR count). The molecule has 0 aliphatic heterocycles. The van der Waals surface area contributed by atoms with Crippen LogP contribution in [0.5, 0.6) is 11.5 Å². The molecule has 0 heterocycles. The number of fused-ring (bicyclic) bond motifs is 1. The fraction of sp³-hybridized carbons (Fsp3) is 0.261. The lowest BCUT2D eigenvalue weighted by atomic mass is 10.1. The van der Waals surface area contributed by atoms with Gasteiger partial charge in [0.25, 0.3) is 0 Å². The van der Waals surface area contributed by atoms with E-state index < -0.39 is 0 Å². The van der Waals surface area contributed by atoms with E-state index in [4.69, 9.17) is 4.74 Å². The van der Waals surface area contributed by atoms with Gasteiger partial charge in [-0.25, -0.2) is 0 Å². The quantitative estimate of drug-likeness (QED) is 0.222. The fourth-order valence-electron chi connectivity index (χ4n) is 2.96. The van der Waals surface area contributed by atoms with Crippen LogP contribution < -0.4 is 0 Å². The van der Waals surface area contributed by atoms with Crippen LogP contribution in [0.1, 0.15) is 24.8 Å². The largest absolute Gasteiger partial charge is 0.504 e. The molecular weight excluding hydrogens is 372 g/mol. The Morgan fingerprint density at radius 3 is 2.39 bits per heavy atom. The topological polar surface area (TPSA) is 66.8 Å². The minimum atomic E-state index is -0.221. The standard InChI is InChI=1S/C23H24O4S/c24-21-14-18-10-11-20(13-19(18)15-22(21)25)28-16-23(26)27-12-6-2-5-9-17-7-3-1-4-8-17/h1,3-4,7-8,10-11,13-15,24-25H,2,5-6,9,12,16H2. The van der Waals surface area contributed by atoms with E-state index in [2.05, 4.69) is 24.3 Å². The van der Waals surface area contributed by atoms with Crippen LogP contribution in [0, 0.1) is 0 Å². The lowest BCUT2D eigenvalue weighted by Gasteiger charge is -2.07. The van der Waals surface area contributed by atoms with Gasteiger partial charge in [-0.05, 0) is 66.3 Å². The Balaban J connectivity index is 1.35. The number of esters is 1. The van der Waals surface area contributed by atoms with Gasteiger partial charge in [-0.15, -0.1) is 11.8 Å². The molecule has 0 amide bonds. The minimum absolute atomic E-state index is 0.139. The van der Waals surface area contributed by atoms with Crippen molar-refractivity contribution in [1.82, 2.24) is 0 Å². The van der Waals surface area contributed by atoms with Crippen LogP contribution in [0.15, 0.2) is 65.6 Å². The number of rotatable bonds is 9. The second-order valence-corrected chi connectivity index (χ2v) is 7.70. The normalized spacial score (nSPS) is 10.9. The summed E-state index contributed by atoms with van der Waals surface area (Å²) in [5, 5.41) is 20.8. The summed E-state index contributed by atoms with van der Waals surface area (Å²) in [5.74, 6) is -0.261. The van der Waals surface area contributed by atoms with E-state index in [0.717, 1.165) is 41.4 Å². The first-order chi connectivity index (χ1) is 13.6. The van der Waals surface area contributed by atoms with Crippen molar-refractivity contribution >= 4 is 28.5 Å². The summed E-state index contributed by atoms with van der Waals surface area (Å²) >= 11 is 1.40. The second-order valence-electron chi connectivity index (χ2n) is 6.66. The number of hydrogen-bond donors (Lipinski definition) is 2. The molecule has 28 heavy (non-hydrogen) atoms. The molecule has 3 aromatic rings. The highest BCUT2D eigenvalue weighted by atomic mass is 32.2. The van der Waals surface area contributed by atoms with Crippen LogP contribution in [0.3, 0.4) is 0 Å². The summed E-state index contributed by atoms with van der Waals surface area (Å²) in [5.41, 5.74) is 1.34. The van der Waals surface area contributed by atoms with Crippen LogP contribution in [0.25, 0.3) is 10.8 Å². The minimum Gasteiger partial charge on any atom is -0.504 e. The number of thioether (sulfide) groups is 1. The van der Waals surface area contributed by atoms with E-state index in [0.29, 0.717) is 6.61 Å². The second kappa shape index (κ2) is 10.0. The van der Waals surface area contributed by atoms with Gasteiger partial charge in [0, 0.05) is 4.90 Å². The number of hydrogen-bond acceptors (Lipinski definition) is 5. The zero-order valence-electron chi connectivity index (χ0n) is 15.6. The molecule has 3 aromatic carbocycles. The molecule has 0 saturated heterocycles. The first-order valence-electron chi connectivity index (χ1n) is 9.40. The summed E-state index contributed by atoms with van der Waals surface area (Å²) in [4.78, 5) is 12.8. The average Bonchev–Trinajstić information content (AvgIpc) is 2.70. The number of aromatic hydroxyl groups is 2. The van der Waals surface area contributed by atoms with Crippen molar-refractivity contribution in [2.45, 2.75) is 30.6 Å². The molecule has 0 aliphatic rings. The van der Waals surface area contributed by atoms with Crippen molar-refractivity contribution in [3.63, 3.8) is 0 Å². The number of phenols is 2. The number of benzene rings is 3. The maximum absolute atomic E-state index is 11.9. The zero-order valence-corrected chi connectivity index (χ0v) is 16.5. The number of carbonyl (C=O) groups is 1. The highest BCUT2D eigenvalue weighted by molar-refractivity contribution is 8.00. The predicted octanol–water partition coefficient (Wildman–Crippen LogP) is 5.30. The van der Waals surface area contributed by atoms with Crippen LogP contribution in [0.2, 0.25) is 0 Å². The summed E-state index contributed by atoms with van der Waals surface area (Å²) in [6.45, 7) is 0.457. The van der Waals surface area contributed by atoms with Gasteiger partial charge in [-0.1, -0.05) is 36.4 Å². The SMILES string of the molecule is O=C(CSc1ccc2cc(O)c(O)cc2c1)OCCCCCc1ccccc1. The van der Waals surface area contributed by atoms with Crippen molar-refractivity contribution in [2.75, 3.05) is 12.4 Å². The molecule has 4 nitrogen and oxygen atoms in total. The number of carbonyl (C=O) groups excluding carboxylic acids is 1. The van der Waals surface area contributed by atoms with Crippen LogP contribution >= 0.6 is 11.8 Å². The Bertz CT molecular complexity index is 925. The van der Waals surface area contributed by atoms with Gasteiger partial charge in [0.05, 0.1) is 12.4 Å². The lowest BCUT2D eigenvalue weighted by Crippen LogP contribution is -2.08. The molecule has 0 fully saturated rings. The first kappa shape index (κ1) is 20.1. The van der Waals surface area contributed by atoms with Gasteiger partial charge in [0.2, 0.25) is 0 Å². The maximum Gasteiger partial charge on any atom is 0.316 e. The third-order valence-electron chi connectivity index (χ3n) is 4.48. The molecule has 0 unspecified atom stereocenters. The Kier molecular flexibility index (Phi) is 7.20. The Labute approximate surface area is 169 Å². The van der Waals surface area contributed by atoms with Crippen molar-refractivity contribution in [1.29, 1.82) is 0 Å². The predicted molar refractivity (Wildman–Crippen MR) is 113 cm³/mol. The van der Waals surface area contributed by atoms with Gasteiger partial charge in [-0.2, -0.15) is 0 Å². The number of phenolic OH excluding ortho intramolecular Hbond substituents is 2. The van der Waals surface area contributed by atoms with Crippen LogP contribution in [0.4, 0.5) is 0 Å². The van der Waals surface area contributed by atoms with Crippen molar-refractivity contribution in [2.24, 2.45) is 0 Å². The summed E-state index contributed by atoms with van der Waals surface area (Å²) < 4.78 is 5.31. The van der Waals surface area contributed by atoms with Gasteiger partial charge < -0.3 is 14.9 Å². The highest BCUT2D eigenvalue weighted by Gasteiger charge is 2.07. The Hall–Kier alpha value is -2.66. The Morgan fingerprint density at radius 1 is 0.857 bits per heavy atom. The van der Waals surface area contributed by atoms with Crippen molar-refractivity contribution in [3.8, 4) is 11.5 Å². The third kappa shape index (κ3) is 5.92. The molecule has 2 N–H and O–H groups in total.